The fourth-order valence-corrected chi connectivity index (χ4v) is 5.56. The van der Waals surface area contributed by atoms with Crippen molar-refractivity contribution in [2.24, 2.45) is 0 Å². The van der Waals surface area contributed by atoms with E-state index in [9.17, 15) is 18.0 Å². The second kappa shape index (κ2) is 7.79. The first-order chi connectivity index (χ1) is 11.3. The monoisotopic (exact) mass is 395 g/mol. The fourth-order valence-electron chi connectivity index (χ4n) is 2.48. The van der Waals surface area contributed by atoms with Crippen LogP contribution in [0.5, 0.6) is 0 Å². The summed E-state index contributed by atoms with van der Waals surface area (Å²) >= 11 is 6.84. The van der Waals surface area contributed by atoms with Crippen LogP contribution in [0.25, 0.3) is 0 Å². The van der Waals surface area contributed by atoms with Crippen molar-refractivity contribution < 1.29 is 22.9 Å². The number of piperazine rings is 1. The molecule has 0 unspecified atom stereocenters. The Morgan fingerprint density at radius 3 is 2.46 bits per heavy atom. The average molecular weight is 396 g/mol. The molecule has 1 aliphatic heterocycles. The normalized spacial score (nSPS) is 18.1. The number of nitrogens with zero attached hydrogens (tertiary/aromatic N) is 1. The zero-order valence-corrected chi connectivity index (χ0v) is 15.7. The van der Waals surface area contributed by atoms with Crippen molar-refractivity contribution >= 4 is 44.9 Å². The third-order valence-corrected chi connectivity index (χ3v) is 7.57. The van der Waals surface area contributed by atoms with Crippen LogP contribution in [0.4, 0.5) is 4.79 Å². The number of carbonyl (C=O) groups is 2. The lowest BCUT2D eigenvalue weighted by Gasteiger charge is -2.33. The maximum Gasteiger partial charge on any atom is 0.321 e. The lowest BCUT2D eigenvalue weighted by Crippen LogP contribution is -3.19. The smallest absolute Gasteiger partial charge is 0.321 e. The Bertz CT molecular complexity index is 713. The van der Waals surface area contributed by atoms with Gasteiger partial charge < -0.3 is 10.2 Å². The third-order valence-electron chi connectivity index (χ3n) is 3.98. The number of urea groups is 1. The molecule has 0 spiro atoms. The summed E-state index contributed by atoms with van der Waals surface area (Å²) in [6.07, 6.45) is 0. The number of halogens is 1. The molecule has 1 aromatic heterocycles. The van der Waals surface area contributed by atoms with Crippen molar-refractivity contribution in [3.63, 3.8) is 0 Å². The summed E-state index contributed by atoms with van der Waals surface area (Å²) in [5.74, 6) is -0.384. The predicted molar refractivity (Wildman–Crippen MR) is 90.8 cm³/mol. The molecular weight excluding hydrogens is 376 g/mol. The molecule has 134 valence electrons. The number of sulfonamides is 1. The number of amides is 3. The van der Waals surface area contributed by atoms with Crippen molar-refractivity contribution in [3.8, 4) is 0 Å². The molecule has 1 atom stereocenters. The predicted octanol–water partition coefficient (Wildman–Crippen LogP) is -0.865. The van der Waals surface area contributed by atoms with Gasteiger partial charge in [-0.3, -0.25) is 10.1 Å². The maximum absolute atomic E-state index is 12.5. The largest absolute Gasteiger partial charge is 0.341 e. The molecule has 3 N–H and O–H groups in total. The van der Waals surface area contributed by atoms with E-state index < -0.39 is 22.1 Å². The van der Waals surface area contributed by atoms with Gasteiger partial charge in [0, 0.05) is 7.05 Å². The van der Waals surface area contributed by atoms with E-state index in [1.165, 1.54) is 17.4 Å². The highest BCUT2D eigenvalue weighted by molar-refractivity contribution is 7.91. The third kappa shape index (κ3) is 4.25. The first kappa shape index (κ1) is 19.1. The molecule has 0 aromatic carbocycles. The van der Waals surface area contributed by atoms with Crippen LogP contribution in [0.3, 0.4) is 0 Å². The topological polar surface area (TPSA) is 100 Å². The van der Waals surface area contributed by atoms with E-state index in [1.54, 1.807) is 13.0 Å². The Morgan fingerprint density at radius 2 is 1.96 bits per heavy atom. The van der Waals surface area contributed by atoms with Crippen LogP contribution in [0.1, 0.15) is 6.92 Å². The van der Waals surface area contributed by atoms with E-state index >= 15 is 0 Å². The highest BCUT2D eigenvalue weighted by atomic mass is 35.5. The summed E-state index contributed by atoms with van der Waals surface area (Å²) in [5.41, 5.74) is 0. The number of imide groups is 1. The van der Waals surface area contributed by atoms with Crippen molar-refractivity contribution in [1.82, 2.24) is 14.9 Å². The summed E-state index contributed by atoms with van der Waals surface area (Å²) in [6, 6.07) is 2.07. The van der Waals surface area contributed by atoms with Gasteiger partial charge in [-0.1, -0.05) is 11.6 Å². The van der Waals surface area contributed by atoms with E-state index in [-0.39, 0.29) is 10.1 Å². The molecule has 11 heteroatoms. The van der Waals surface area contributed by atoms with Crippen LogP contribution < -0.4 is 15.5 Å². The van der Waals surface area contributed by atoms with Gasteiger partial charge in [-0.2, -0.15) is 4.31 Å². The van der Waals surface area contributed by atoms with Crippen LogP contribution in [-0.2, 0) is 14.8 Å². The van der Waals surface area contributed by atoms with Gasteiger partial charge in [0.1, 0.15) is 4.21 Å². The minimum atomic E-state index is -3.54. The second-order valence-corrected chi connectivity index (χ2v) is 9.29. The molecule has 0 radical (unpaired) electrons. The van der Waals surface area contributed by atoms with Gasteiger partial charge >= 0.3 is 6.03 Å². The minimum absolute atomic E-state index is 0.223. The molecule has 2 heterocycles. The molecule has 1 saturated heterocycles. The first-order valence-corrected chi connectivity index (χ1v) is 10.0. The second-order valence-electron chi connectivity index (χ2n) is 5.41. The number of thiophene rings is 1. The van der Waals surface area contributed by atoms with Gasteiger partial charge in [0.15, 0.2) is 6.04 Å². The fraction of sp³-hybridized carbons (Fsp3) is 0.538. The van der Waals surface area contributed by atoms with Crippen LogP contribution >= 0.6 is 22.9 Å². The summed E-state index contributed by atoms with van der Waals surface area (Å²) in [5, 5.41) is 4.57. The van der Waals surface area contributed by atoms with E-state index in [2.05, 4.69) is 10.6 Å². The zero-order chi connectivity index (χ0) is 17.9. The number of quaternary nitrogens is 1. The molecule has 0 aliphatic carbocycles. The number of hydrogen-bond donors (Lipinski definition) is 3. The molecule has 3 amide bonds. The van der Waals surface area contributed by atoms with Gasteiger partial charge in [-0.05, 0) is 19.1 Å². The lowest BCUT2D eigenvalue weighted by atomic mass is 10.2. The first-order valence-electron chi connectivity index (χ1n) is 7.38. The van der Waals surface area contributed by atoms with Gasteiger partial charge in [-0.25, -0.2) is 13.2 Å². The highest BCUT2D eigenvalue weighted by Crippen LogP contribution is 2.27. The number of nitrogens with one attached hydrogen (secondary N) is 3. The molecule has 1 aromatic rings. The lowest BCUT2D eigenvalue weighted by molar-refractivity contribution is -0.917. The van der Waals surface area contributed by atoms with E-state index in [0.717, 1.165) is 16.2 Å². The van der Waals surface area contributed by atoms with Crippen molar-refractivity contribution in [3.05, 3.63) is 16.5 Å². The Hall–Kier alpha value is -1.20. The summed E-state index contributed by atoms with van der Waals surface area (Å²) in [7, 11) is -2.11. The number of hydrogen-bond acceptors (Lipinski definition) is 5. The van der Waals surface area contributed by atoms with Crippen LogP contribution in [0.15, 0.2) is 16.3 Å². The van der Waals surface area contributed by atoms with E-state index in [1.807, 2.05) is 0 Å². The quantitative estimate of drug-likeness (QED) is 0.617. The van der Waals surface area contributed by atoms with Crippen LogP contribution in [0.2, 0.25) is 4.34 Å². The van der Waals surface area contributed by atoms with Gasteiger partial charge in [0.05, 0.1) is 30.5 Å². The molecule has 0 bridgehead atoms. The van der Waals surface area contributed by atoms with Gasteiger partial charge in [-0.15, -0.1) is 11.3 Å². The number of carbonyl (C=O) groups excluding carboxylic acids is 2. The zero-order valence-electron chi connectivity index (χ0n) is 13.3. The standard InChI is InChI=1S/C13H19ClN4O4S2/c1-9(12(19)16-13(20)15-2)17-5-7-18(8-6-17)24(21,22)11-4-3-10(14)23-11/h3-4,9H,5-8H2,1-2H3,(H2,15,16,19,20)/p+1/t9-/m1/s1. The maximum atomic E-state index is 12.5. The highest BCUT2D eigenvalue weighted by Gasteiger charge is 2.35. The van der Waals surface area contributed by atoms with Crippen molar-refractivity contribution in [2.45, 2.75) is 17.2 Å². The molecule has 1 aliphatic rings. The van der Waals surface area contributed by atoms with Crippen molar-refractivity contribution in [2.75, 3.05) is 33.2 Å². The summed E-state index contributed by atoms with van der Waals surface area (Å²) in [4.78, 5) is 24.1. The van der Waals surface area contributed by atoms with Crippen LogP contribution in [0, 0.1) is 0 Å². The molecule has 24 heavy (non-hydrogen) atoms. The van der Waals surface area contributed by atoms with Gasteiger partial charge in [0.25, 0.3) is 15.9 Å². The summed E-state index contributed by atoms with van der Waals surface area (Å²) < 4.78 is 27.1. The van der Waals surface area contributed by atoms with Crippen molar-refractivity contribution in [1.29, 1.82) is 0 Å². The molecule has 8 nitrogen and oxygen atoms in total. The number of rotatable bonds is 4. The Balaban J connectivity index is 1.96. The average Bonchev–Trinajstić information content (AvgIpc) is 3.01. The molecular formula is C13H20ClN4O4S2+. The molecule has 2 rings (SSSR count). The molecule has 1 fully saturated rings. The SMILES string of the molecule is CNC(=O)NC(=O)[C@@H](C)[NH+]1CCN(S(=O)(=O)c2ccc(Cl)s2)CC1. The minimum Gasteiger partial charge on any atom is -0.341 e. The summed E-state index contributed by atoms with van der Waals surface area (Å²) in [6.45, 7) is 3.31. The Labute approximate surface area is 149 Å². The molecule has 0 saturated carbocycles. The van der Waals surface area contributed by atoms with Gasteiger partial charge in [0.2, 0.25) is 0 Å². The Morgan fingerprint density at radius 1 is 1.33 bits per heavy atom. The van der Waals surface area contributed by atoms with E-state index in [0.29, 0.717) is 30.5 Å². The Kier molecular flexibility index (Phi) is 6.21. The van der Waals surface area contributed by atoms with E-state index in [4.69, 9.17) is 11.6 Å². The van der Waals surface area contributed by atoms with Crippen LogP contribution in [-0.4, -0.2) is 63.9 Å².